The fourth-order valence-corrected chi connectivity index (χ4v) is 2.28. The predicted molar refractivity (Wildman–Crippen MR) is 99.3 cm³/mol. The maximum absolute atomic E-state index is 11.9. The van der Waals surface area contributed by atoms with Gasteiger partial charge in [0.1, 0.15) is 5.75 Å². The van der Waals surface area contributed by atoms with Crippen LogP contribution in [0.2, 0.25) is 0 Å². The third kappa shape index (κ3) is 5.14. The molecule has 0 spiro atoms. The van der Waals surface area contributed by atoms with Crippen LogP contribution in [0.3, 0.4) is 0 Å². The van der Waals surface area contributed by atoms with Crippen molar-refractivity contribution in [3.8, 4) is 5.75 Å². The molecule has 26 heavy (non-hydrogen) atoms. The summed E-state index contributed by atoms with van der Waals surface area (Å²) in [6.45, 7) is 6.35. The number of phenolic OH excluding ortho intramolecular Hbond substituents is 1. The quantitative estimate of drug-likeness (QED) is 0.488. The maximum Gasteiger partial charge on any atom is 0.270 e. The van der Waals surface area contributed by atoms with Crippen molar-refractivity contribution in [3.05, 3.63) is 69.3 Å². The molecule has 0 fully saturated rings. The first-order valence-electron chi connectivity index (χ1n) is 8.05. The van der Waals surface area contributed by atoms with E-state index in [1.165, 1.54) is 30.0 Å². The van der Waals surface area contributed by atoms with E-state index in [9.17, 15) is 20.0 Å². The molecule has 0 atom stereocenters. The van der Waals surface area contributed by atoms with Crippen LogP contribution in [0, 0.1) is 10.1 Å². The van der Waals surface area contributed by atoms with Crippen molar-refractivity contribution < 1.29 is 14.8 Å². The lowest BCUT2D eigenvalue weighted by Crippen LogP contribution is -2.20. The largest absolute Gasteiger partial charge is 0.507 e. The minimum atomic E-state index is -0.573. The molecule has 7 heteroatoms. The lowest BCUT2D eigenvalue weighted by molar-refractivity contribution is -0.384. The zero-order chi connectivity index (χ0) is 19.3. The summed E-state index contributed by atoms with van der Waals surface area (Å²) in [7, 11) is 0. The Hall–Kier alpha value is -3.22. The predicted octanol–water partition coefficient (Wildman–Crippen LogP) is 3.29. The molecule has 136 valence electrons. The van der Waals surface area contributed by atoms with E-state index in [0.717, 1.165) is 5.56 Å². The molecular formula is C19H21N3O4. The molecule has 2 rings (SSSR count). The first-order chi connectivity index (χ1) is 12.2. The monoisotopic (exact) mass is 355 g/mol. The minimum Gasteiger partial charge on any atom is -0.507 e. The fourth-order valence-electron chi connectivity index (χ4n) is 2.28. The molecular weight excluding hydrogens is 334 g/mol. The van der Waals surface area contributed by atoms with E-state index in [2.05, 4.69) is 31.3 Å². The molecule has 0 saturated carbocycles. The number of phenols is 1. The zero-order valence-electron chi connectivity index (χ0n) is 14.9. The molecule has 1 amide bonds. The normalized spacial score (nSPS) is 11.5. The van der Waals surface area contributed by atoms with E-state index < -0.39 is 4.92 Å². The lowest BCUT2D eigenvalue weighted by Gasteiger charge is -2.19. The van der Waals surface area contributed by atoms with Gasteiger partial charge in [-0.1, -0.05) is 45.0 Å². The molecule has 0 aliphatic heterocycles. The molecule has 2 aromatic carbocycles. The van der Waals surface area contributed by atoms with Crippen LogP contribution >= 0.6 is 0 Å². The smallest absolute Gasteiger partial charge is 0.270 e. The Morgan fingerprint density at radius 3 is 2.46 bits per heavy atom. The molecule has 2 aromatic rings. The van der Waals surface area contributed by atoms with Gasteiger partial charge in [0.25, 0.3) is 5.69 Å². The molecule has 0 aliphatic rings. The molecule has 0 saturated heterocycles. The Morgan fingerprint density at radius 2 is 1.88 bits per heavy atom. The Kier molecular flexibility index (Phi) is 5.71. The SMILES string of the molecule is CC(C)(C)c1ccc(CC(=O)NN=Cc2cc([N+](=O)[O-])ccc2O)cc1. The van der Waals surface area contributed by atoms with Crippen LogP contribution in [0.1, 0.15) is 37.5 Å². The Balaban J connectivity index is 1.97. The number of benzene rings is 2. The molecule has 0 aliphatic carbocycles. The van der Waals surface area contributed by atoms with Crippen LogP contribution in [0.25, 0.3) is 0 Å². The number of hydrogen-bond acceptors (Lipinski definition) is 5. The van der Waals surface area contributed by atoms with Crippen LogP contribution in [0.4, 0.5) is 5.69 Å². The molecule has 0 heterocycles. The lowest BCUT2D eigenvalue weighted by atomic mass is 9.86. The first kappa shape index (κ1) is 19.1. The van der Waals surface area contributed by atoms with Crippen molar-refractivity contribution >= 4 is 17.8 Å². The van der Waals surface area contributed by atoms with Crippen LogP contribution < -0.4 is 5.43 Å². The number of carbonyl (C=O) groups excluding carboxylic acids is 1. The Bertz CT molecular complexity index is 837. The van der Waals surface area contributed by atoms with Gasteiger partial charge in [-0.2, -0.15) is 5.10 Å². The van der Waals surface area contributed by atoms with Gasteiger partial charge in [-0.3, -0.25) is 14.9 Å². The van der Waals surface area contributed by atoms with Gasteiger partial charge in [0.2, 0.25) is 5.91 Å². The fraction of sp³-hybridized carbons (Fsp3) is 0.263. The summed E-state index contributed by atoms with van der Waals surface area (Å²) in [5.41, 5.74) is 4.40. The van der Waals surface area contributed by atoms with Crippen LogP contribution in [-0.2, 0) is 16.6 Å². The van der Waals surface area contributed by atoms with Gasteiger partial charge in [-0.15, -0.1) is 0 Å². The van der Waals surface area contributed by atoms with Gasteiger partial charge < -0.3 is 5.11 Å². The number of nitrogens with one attached hydrogen (secondary N) is 1. The Labute approximate surface area is 151 Å². The number of aromatic hydroxyl groups is 1. The highest BCUT2D eigenvalue weighted by atomic mass is 16.6. The zero-order valence-corrected chi connectivity index (χ0v) is 14.9. The third-order valence-electron chi connectivity index (χ3n) is 3.80. The molecule has 0 radical (unpaired) electrons. The van der Waals surface area contributed by atoms with E-state index in [1.807, 2.05) is 24.3 Å². The van der Waals surface area contributed by atoms with Crippen molar-refractivity contribution in [3.63, 3.8) is 0 Å². The van der Waals surface area contributed by atoms with Crippen molar-refractivity contribution in [2.24, 2.45) is 5.10 Å². The second-order valence-corrected chi connectivity index (χ2v) is 6.92. The number of hydrogen-bond donors (Lipinski definition) is 2. The number of nitrogens with zero attached hydrogens (tertiary/aromatic N) is 2. The van der Waals surface area contributed by atoms with Crippen molar-refractivity contribution in [1.82, 2.24) is 5.43 Å². The van der Waals surface area contributed by atoms with Crippen molar-refractivity contribution in [2.75, 3.05) is 0 Å². The van der Waals surface area contributed by atoms with Gasteiger partial charge in [0.05, 0.1) is 17.6 Å². The summed E-state index contributed by atoms with van der Waals surface area (Å²) in [6.07, 6.45) is 1.33. The number of rotatable bonds is 5. The molecule has 0 aromatic heterocycles. The van der Waals surface area contributed by atoms with Gasteiger partial charge >= 0.3 is 0 Å². The molecule has 2 N–H and O–H groups in total. The highest BCUT2D eigenvalue weighted by Gasteiger charge is 2.13. The van der Waals surface area contributed by atoms with E-state index >= 15 is 0 Å². The van der Waals surface area contributed by atoms with Gasteiger partial charge in [0.15, 0.2) is 0 Å². The van der Waals surface area contributed by atoms with Crippen molar-refractivity contribution in [2.45, 2.75) is 32.6 Å². The van der Waals surface area contributed by atoms with Gasteiger partial charge in [-0.05, 0) is 22.6 Å². The average Bonchev–Trinajstić information content (AvgIpc) is 2.56. The van der Waals surface area contributed by atoms with Crippen LogP contribution in [0.15, 0.2) is 47.6 Å². The number of nitro groups is 1. The summed E-state index contributed by atoms with van der Waals surface area (Å²) in [4.78, 5) is 22.1. The second kappa shape index (κ2) is 7.77. The highest BCUT2D eigenvalue weighted by Crippen LogP contribution is 2.22. The maximum atomic E-state index is 11.9. The average molecular weight is 355 g/mol. The molecule has 0 bridgehead atoms. The summed E-state index contributed by atoms with van der Waals surface area (Å²) >= 11 is 0. The van der Waals surface area contributed by atoms with E-state index in [-0.39, 0.29) is 34.7 Å². The molecule has 7 nitrogen and oxygen atoms in total. The number of nitro benzene ring substituents is 1. The standard InChI is InChI=1S/C19H21N3O4/c1-19(2,3)15-6-4-13(5-7-15)10-18(24)21-20-12-14-11-16(22(25)26)8-9-17(14)23/h4-9,11-12,23H,10H2,1-3H3,(H,21,24). The summed E-state index contributed by atoms with van der Waals surface area (Å²) in [5.74, 6) is -0.485. The van der Waals surface area contributed by atoms with Crippen LogP contribution in [0.5, 0.6) is 5.75 Å². The van der Waals surface area contributed by atoms with Crippen LogP contribution in [-0.4, -0.2) is 22.2 Å². The number of carbonyl (C=O) groups is 1. The number of amides is 1. The Morgan fingerprint density at radius 1 is 1.23 bits per heavy atom. The minimum absolute atomic E-state index is 0.0470. The third-order valence-corrected chi connectivity index (χ3v) is 3.80. The first-order valence-corrected chi connectivity index (χ1v) is 8.05. The van der Waals surface area contributed by atoms with Gasteiger partial charge in [-0.25, -0.2) is 5.43 Å². The highest BCUT2D eigenvalue weighted by molar-refractivity contribution is 5.86. The summed E-state index contributed by atoms with van der Waals surface area (Å²) in [6, 6.07) is 11.4. The summed E-state index contributed by atoms with van der Waals surface area (Å²) in [5, 5.41) is 24.2. The topological polar surface area (TPSA) is 105 Å². The summed E-state index contributed by atoms with van der Waals surface area (Å²) < 4.78 is 0. The van der Waals surface area contributed by atoms with E-state index in [4.69, 9.17) is 0 Å². The second-order valence-electron chi connectivity index (χ2n) is 6.92. The van der Waals surface area contributed by atoms with Crippen molar-refractivity contribution in [1.29, 1.82) is 0 Å². The van der Waals surface area contributed by atoms with E-state index in [0.29, 0.717) is 0 Å². The van der Waals surface area contributed by atoms with E-state index in [1.54, 1.807) is 0 Å². The number of non-ortho nitro benzene ring substituents is 1. The number of hydrazone groups is 1. The molecule has 0 unspecified atom stereocenters. The van der Waals surface area contributed by atoms with Gasteiger partial charge in [0, 0.05) is 17.7 Å².